The Labute approximate surface area is 201 Å². The number of morpholine rings is 1. The van der Waals surface area contributed by atoms with Gasteiger partial charge in [0, 0.05) is 31.3 Å². The summed E-state index contributed by atoms with van der Waals surface area (Å²) in [7, 11) is 0. The van der Waals surface area contributed by atoms with Gasteiger partial charge in [0.25, 0.3) is 0 Å². The number of oxazole rings is 1. The van der Waals surface area contributed by atoms with Crippen LogP contribution in [0.15, 0.2) is 47.0 Å². The molecule has 0 amide bonds. The third-order valence-electron chi connectivity index (χ3n) is 6.60. The third kappa shape index (κ3) is 4.87. The zero-order valence-corrected chi connectivity index (χ0v) is 20.2. The summed E-state index contributed by atoms with van der Waals surface area (Å²) >= 11 is 0. The number of anilines is 1. The Balaban J connectivity index is 1.23. The predicted molar refractivity (Wildman–Crippen MR) is 134 cm³/mol. The predicted octanol–water partition coefficient (Wildman–Crippen LogP) is 5.63. The van der Waals surface area contributed by atoms with Gasteiger partial charge in [0.2, 0.25) is 5.89 Å². The quantitative estimate of drug-likeness (QED) is 0.435. The highest BCUT2D eigenvalue weighted by Crippen LogP contribution is 2.35. The molecule has 0 unspecified atom stereocenters. The van der Waals surface area contributed by atoms with Gasteiger partial charge in [0.05, 0.1) is 31.1 Å². The fraction of sp³-hybridized carbons (Fsp3) is 0.429. The molecule has 1 aliphatic heterocycles. The number of allylic oxidation sites excluding steroid dienone is 2. The van der Waals surface area contributed by atoms with E-state index < -0.39 is 0 Å². The largest absolute Gasteiger partial charge is 0.493 e. The molecule has 1 saturated heterocycles. The van der Waals surface area contributed by atoms with Crippen LogP contribution in [0.2, 0.25) is 0 Å². The van der Waals surface area contributed by atoms with Crippen LogP contribution in [-0.2, 0) is 17.6 Å². The minimum absolute atomic E-state index is 0.574. The monoisotopic (exact) mass is 459 g/mol. The van der Waals surface area contributed by atoms with Gasteiger partial charge >= 0.3 is 0 Å². The van der Waals surface area contributed by atoms with Crippen LogP contribution in [0.4, 0.5) is 5.82 Å². The first-order valence-corrected chi connectivity index (χ1v) is 12.4. The number of hydrogen-bond donors (Lipinski definition) is 0. The van der Waals surface area contributed by atoms with Gasteiger partial charge in [-0.25, -0.2) is 9.97 Å². The number of aryl methyl sites for hydroxylation is 1. The lowest BCUT2D eigenvalue weighted by molar-refractivity contribution is 0.122. The Hall–Kier alpha value is -3.12. The fourth-order valence-electron chi connectivity index (χ4n) is 4.80. The molecule has 3 heterocycles. The van der Waals surface area contributed by atoms with E-state index in [-0.39, 0.29) is 0 Å². The van der Waals surface area contributed by atoms with E-state index in [4.69, 9.17) is 18.9 Å². The topological polar surface area (TPSA) is 60.6 Å². The maximum Gasteiger partial charge on any atom is 0.228 e. The highest BCUT2D eigenvalue weighted by Gasteiger charge is 2.18. The normalized spacial score (nSPS) is 15.7. The lowest BCUT2D eigenvalue weighted by atomic mass is 9.88. The fourth-order valence-corrected chi connectivity index (χ4v) is 4.80. The molecular weight excluding hydrogens is 426 g/mol. The summed E-state index contributed by atoms with van der Waals surface area (Å²) in [5.41, 5.74) is 5.98. The molecule has 178 valence electrons. The lowest BCUT2D eigenvalue weighted by Gasteiger charge is -2.27. The summed E-state index contributed by atoms with van der Waals surface area (Å²) in [5.74, 6) is 3.41. The number of rotatable bonds is 8. The van der Waals surface area contributed by atoms with Gasteiger partial charge in [0.1, 0.15) is 17.3 Å². The molecule has 0 spiro atoms. The van der Waals surface area contributed by atoms with E-state index >= 15 is 0 Å². The first-order valence-electron chi connectivity index (χ1n) is 12.4. The molecule has 0 saturated carbocycles. The van der Waals surface area contributed by atoms with Gasteiger partial charge in [-0.15, -0.1) is 0 Å². The van der Waals surface area contributed by atoms with E-state index in [9.17, 15) is 0 Å². The molecule has 0 bridgehead atoms. The minimum atomic E-state index is 0.574. The third-order valence-corrected chi connectivity index (χ3v) is 6.60. The van der Waals surface area contributed by atoms with E-state index in [0.29, 0.717) is 18.9 Å². The zero-order valence-electron chi connectivity index (χ0n) is 20.2. The summed E-state index contributed by atoms with van der Waals surface area (Å²) in [5, 5.41) is 0. The van der Waals surface area contributed by atoms with Crippen LogP contribution in [0.5, 0.6) is 5.75 Å². The molecular formula is C28H33N3O3. The summed E-state index contributed by atoms with van der Waals surface area (Å²) in [6.45, 7) is 8.01. The SMILES string of the molecule is CCCC1=CCCc2c(OCCc3nc(-c4ccc(N5CCOCC5)nc4)oc3C)cccc21. The maximum absolute atomic E-state index is 6.25. The molecule has 0 atom stereocenters. The smallest absolute Gasteiger partial charge is 0.228 e. The van der Waals surface area contributed by atoms with Crippen molar-refractivity contribution in [3.8, 4) is 17.2 Å². The average Bonchev–Trinajstić information content (AvgIpc) is 3.25. The van der Waals surface area contributed by atoms with Gasteiger partial charge in [-0.1, -0.05) is 31.6 Å². The highest BCUT2D eigenvalue weighted by molar-refractivity contribution is 5.72. The second-order valence-electron chi connectivity index (χ2n) is 8.93. The molecule has 1 aliphatic carbocycles. The van der Waals surface area contributed by atoms with Crippen molar-refractivity contribution < 1.29 is 13.9 Å². The second kappa shape index (κ2) is 10.4. The Morgan fingerprint density at radius 2 is 1.97 bits per heavy atom. The number of nitrogens with zero attached hydrogens (tertiary/aromatic N) is 3. The molecule has 1 aromatic carbocycles. The number of benzene rings is 1. The van der Waals surface area contributed by atoms with Crippen LogP contribution in [-0.4, -0.2) is 42.9 Å². The van der Waals surface area contributed by atoms with Gasteiger partial charge < -0.3 is 18.8 Å². The number of hydrogen-bond acceptors (Lipinski definition) is 6. The van der Waals surface area contributed by atoms with Gasteiger partial charge in [0.15, 0.2) is 0 Å². The van der Waals surface area contributed by atoms with Gasteiger partial charge in [-0.05, 0) is 55.5 Å². The van der Waals surface area contributed by atoms with Crippen LogP contribution >= 0.6 is 0 Å². The summed E-state index contributed by atoms with van der Waals surface area (Å²) in [6, 6.07) is 10.5. The number of fused-ring (bicyclic) bond motifs is 1. The maximum atomic E-state index is 6.25. The first-order chi connectivity index (χ1) is 16.7. The molecule has 5 rings (SSSR count). The summed E-state index contributed by atoms with van der Waals surface area (Å²) in [4.78, 5) is 11.6. The molecule has 3 aromatic rings. The van der Waals surface area contributed by atoms with Crippen molar-refractivity contribution >= 4 is 11.4 Å². The van der Waals surface area contributed by atoms with E-state index in [2.05, 4.69) is 41.1 Å². The van der Waals surface area contributed by atoms with Crippen molar-refractivity contribution in [3.05, 3.63) is 65.2 Å². The average molecular weight is 460 g/mol. The Morgan fingerprint density at radius 3 is 2.76 bits per heavy atom. The lowest BCUT2D eigenvalue weighted by Crippen LogP contribution is -2.36. The van der Waals surface area contributed by atoms with E-state index in [1.165, 1.54) is 16.7 Å². The van der Waals surface area contributed by atoms with Crippen LogP contribution < -0.4 is 9.64 Å². The Bertz CT molecular complexity index is 1140. The van der Waals surface area contributed by atoms with Crippen LogP contribution in [0, 0.1) is 6.92 Å². The molecule has 2 aromatic heterocycles. The molecule has 0 radical (unpaired) electrons. The number of ether oxygens (including phenoxy) is 2. The van der Waals surface area contributed by atoms with Crippen molar-refractivity contribution in [3.63, 3.8) is 0 Å². The number of aromatic nitrogens is 2. The van der Waals surface area contributed by atoms with Crippen molar-refractivity contribution in [2.45, 2.75) is 46.0 Å². The van der Waals surface area contributed by atoms with Crippen molar-refractivity contribution in [2.24, 2.45) is 0 Å². The van der Waals surface area contributed by atoms with Crippen molar-refractivity contribution in [2.75, 3.05) is 37.8 Å². The Morgan fingerprint density at radius 1 is 1.09 bits per heavy atom. The first kappa shape index (κ1) is 22.7. The van der Waals surface area contributed by atoms with Gasteiger partial charge in [-0.3, -0.25) is 0 Å². The van der Waals surface area contributed by atoms with Crippen LogP contribution in [0.25, 0.3) is 17.0 Å². The van der Waals surface area contributed by atoms with E-state index in [1.807, 2.05) is 25.3 Å². The van der Waals surface area contributed by atoms with Gasteiger partial charge in [-0.2, -0.15) is 0 Å². The summed E-state index contributed by atoms with van der Waals surface area (Å²) in [6.07, 6.45) is 9.35. The zero-order chi connectivity index (χ0) is 23.3. The molecule has 6 nitrogen and oxygen atoms in total. The molecule has 6 heteroatoms. The molecule has 2 aliphatic rings. The molecule has 1 fully saturated rings. The minimum Gasteiger partial charge on any atom is -0.493 e. The molecule has 0 N–H and O–H groups in total. The Kier molecular flexibility index (Phi) is 6.95. The number of pyridine rings is 1. The van der Waals surface area contributed by atoms with Crippen LogP contribution in [0.1, 0.15) is 48.8 Å². The molecule has 34 heavy (non-hydrogen) atoms. The highest BCUT2D eigenvalue weighted by atomic mass is 16.5. The van der Waals surface area contributed by atoms with Crippen molar-refractivity contribution in [1.29, 1.82) is 0 Å². The van der Waals surface area contributed by atoms with Crippen molar-refractivity contribution in [1.82, 2.24) is 9.97 Å². The van der Waals surface area contributed by atoms with E-state index in [0.717, 1.165) is 80.6 Å². The second-order valence-corrected chi connectivity index (χ2v) is 8.93. The van der Waals surface area contributed by atoms with E-state index in [1.54, 1.807) is 0 Å². The van der Waals surface area contributed by atoms with Crippen LogP contribution in [0.3, 0.4) is 0 Å². The summed E-state index contributed by atoms with van der Waals surface area (Å²) < 4.78 is 17.6. The standard InChI is InChI=1S/C28H33N3O3/c1-3-6-21-7-4-9-24-23(21)8-5-10-26(24)33-16-13-25-20(2)34-28(30-25)22-11-12-27(29-19-22)31-14-17-32-18-15-31/h5,7-8,10-12,19H,3-4,6,9,13-18H2,1-2H3.